The lowest BCUT2D eigenvalue weighted by molar-refractivity contribution is -0.142. The molecule has 1 amide bonds. The van der Waals surface area contributed by atoms with Crippen LogP contribution >= 0.6 is 0 Å². The number of fused-ring (bicyclic) bond motifs is 1. The third-order valence-electron chi connectivity index (χ3n) is 3.74. The topological polar surface area (TPSA) is 75.6 Å². The summed E-state index contributed by atoms with van der Waals surface area (Å²) in [4.78, 5) is 23.0. The number of rotatable bonds is 8. The van der Waals surface area contributed by atoms with Gasteiger partial charge in [0.05, 0.1) is 5.92 Å². The van der Waals surface area contributed by atoms with Crippen molar-refractivity contribution < 1.29 is 19.4 Å². The number of amides is 1. The Bertz CT molecular complexity index is 711. The van der Waals surface area contributed by atoms with E-state index in [1.807, 2.05) is 56.3 Å². The van der Waals surface area contributed by atoms with E-state index >= 15 is 0 Å². The zero-order chi connectivity index (χ0) is 17.5. The number of hydrogen-bond acceptors (Lipinski definition) is 3. The molecule has 0 saturated heterocycles. The average Bonchev–Trinajstić information content (AvgIpc) is 2.56. The monoisotopic (exact) mass is 329 g/mol. The summed E-state index contributed by atoms with van der Waals surface area (Å²) in [5.74, 6) is -0.912. The van der Waals surface area contributed by atoms with Crippen LogP contribution < -0.4 is 10.1 Å². The van der Waals surface area contributed by atoms with Crippen LogP contribution in [-0.2, 0) is 9.59 Å². The highest BCUT2D eigenvalue weighted by Crippen LogP contribution is 2.20. The number of carboxylic acids is 1. The Morgan fingerprint density at radius 2 is 1.83 bits per heavy atom. The molecular weight excluding hydrogens is 306 g/mol. The molecule has 0 spiro atoms. The predicted molar refractivity (Wildman–Crippen MR) is 93.0 cm³/mol. The van der Waals surface area contributed by atoms with E-state index in [0.717, 1.165) is 10.8 Å². The van der Waals surface area contributed by atoms with Gasteiger partial charge in [0.1, 0.15) is 5.75 Å². The highest BCUT2D eigenvalue weighted by Gasteiger charge is 2.19. The molecule has 0 aromatic heterocycles. The van der Waals surface area contributed by atoms with Gasteiger partial charge in [-0.15, -0.1) is 0 Å². The molecule has 0 aliphatic heterocycles. The third-order valence-corrected chi connectivity index (χ3v) is 3.74. The first-order chi connectivity index (χ1) is 11.5. The fraction of sp³-hybridized carbons (Fsp3) is 0.368. The van der Waals surface area contributed by atoms with Crippen LogP contribution in [0.5, 0.6) is 5.75 Å². The molecule has 1 atom stereocenters. The lowest BCUT2D eigenvalue weighted by Gasteiger charge is -2.15. The summed E-state index contributed by atoms with van der Waals surface area (Å²) in [5.41, 5.74) is 0. The van der Waals surface area contributed by atoms with Gasteiger partial charge in [-0.25, -0.2) is 0 Å². The molecule has 0 heterocycles. The lowest BCUT2D eigenvalue weighted by Crippen LogP contribution is -2.36. The Hall–Kier alpha value is -2.56. The molecule has 0 aliphatic rings. The van der Waals surface area contributed by atoms with Crippen molar-refractivity contribution in [1.82, 2.24) is 5.32 Å². The minimum Gasteiger partial charge on any atom is -0.484 e. The average molecular weight is 329 g/mol. The van der Waals surface area contributed by atoms with Gasteiger partial charge in [-0.2, -0.15) is 0 Å². The van der Waals surface area contributed by atoms with Crippen molar-refractivity contribution >= 4 is 22.6 Å². The van der Waals surface area contributed by atoms with Gasteiger partial charge in [0.25, 0.3) is 5.91 Å². The quantitative estimate of drug-likeness (QED) is 0.780. The summed E-state index contributed by atoms with van der Waals surface area (Å²) in [7, 11) is 0. The Kier molecular flexibility index (Phi) is 6.18. The first kappa shape index (κ1) is 17.8. The van der Waals surface area contributed by atoms with E-state index < -0.39 is 11.9 Å². The molecule has 0 radical (unpaired) electrons. The van der Waals surface area contributed by atoms with Crippen LogP contribution in [0, 0.1) is 11.8 Å². The van der Waals surface area contributed by atoms with Gasteiger partial charge in [-0.1, -0.05) is 44.2 Å². The van der Waals surface area contributed by atoms with Crippen LogP contribution in [0.1, 0.15) is 20.3 Å². The van der Waals surface area contributed by atoms with Gasteiger partial charge in [0, 0.05) is 6.54 Å². The van der Waals surface area contributed by atoms with Crippen LogP contribution in [0.3, 0.4) is 0 Å². The van der Waals surface area contributed by atoms with Gasteiger partial charge in [-0.3, -0.25) is 9.59 Å². The second kappa shape index (κ2) is 8.34. The summed E-state index contributed by atoms with van der Waals surface area (Å²) < 4.78 is 5.49. The van der Waals surface area contributed by atoms with Crippen molar-refractivity contribution in [3.8, 4) is 5.75 Å². The van der Waals surface area contributed by atoms with Crippen molar-refractivity contribution in [3.63, 3.8) is 0 Å². The minimum atomic E-state index is -0.889. The number of benzene rings is 2. The number of carbonyl (C=O) groups is 2. The Balaban J connectivity index is 1.84. The van der Waals surface area contributed by atoms with Gasteiger partial charge >= 0.3 is 5.97 Å². The minimum absolute atomic E-state index is 0.118. The van der Waals surface area contributed by atoms with Crippen LogP contribution in [0.2, 0.25) is 0 Å². The van der Waals surface area contributed by atoms with Gasteiger partial charge in [0.15, 0.2) is 6.61 Å². The molecule has 2 rings (SSSR count). The number of aliphatic carboxylic acids is 1. The fourth-order valence-corrected chi connectivity index (χ4v) is 2.53. The molecule has 5 nitrogen and oxygen atoms in total. The third kappa shape index (κ3) is 5.26. The van der Waals surface area contributed by atoms with Crippen LogP contribution in [-0.4, -0.2) is 30.1 Å². The Morgan fingerprint density at radius 1 is 1.12 bits per heavy atom. The van der Waals surface area contributed by atoms with Crippen molar-refractivity contribution in [2.75, 3.05) is 13.2 Å². The maximum atomic E-state index is 11.9. The SMILES string of the molecule is CC(C)CC(CNC(=O)COc1ccc2ccccc2c1)C(=O)O. The maximum Gasteiger partial charge on any atom is 0.308 e. The van der Waals surface area contributed by atoms with Crippen molar-refractivity contribution in [1.29, 1.82) is 0 Å². The van der Waals surface area contributed by atoms with Crippen LogP contribution in [0.25, 0.3) is 10.8 Å². The molecule has 1 unspecified atom stereocenters. The zero-order valence-electron chi connectivity index (χ0n) is 14.0. The molecule has 5 heteroatoms. The summed E-state index contributed by atoms with van der Waals surface area (Å²) in [5, 5.41) is 13.9. The molecule has 0 fully saturated rings. The second-order valence-corrected chi connectivity index (χ2v) is 6.27. The number of ether oxygens (including phenoxy) is 1. The summed E-state index contributed by atoms with van der Waals surface area (Å²) in [6.45, 7) is 3.90. The lowest BCUT2D eigenvalue weighted by atomic mass is 9.97. The van der Waals surface area contributed by atoms with E-state index in [-0.39, 0.29) is 25.0 Å². The molecule has 0 bridgehead atoms. The van der Waals surface area contributed by atoms with Gasteiger partial charge < -0.3 is 15.2 Å². The number of carboxylic acid groups (broad SMARTS) is 1. The van der Waals surface area contributed by atoms with Gasteiger partial charge in [0.2, 0.25) is 0 Å². The van der Waals surface area contributed by atoms with E-state index in [1.165, 1.54) is 0 Å². The Labute approximate surface area is 141 Å². The van der Waals surface area contributed by atoms with E-state index in [9.17, 15) is 9.59 Å². The molecule has 128 valence electrons. The molecule has 2 aromatic rings. The fourth-order valence-electron chi connectivity index (χ4n) is 2.53. The van der Waals surface area contributed by atoms with Crippen LogP contribution in [0.4, 0.5) is 0 Å². The second-order valence-electron chi connectivity index (χ2n) is 6.27. The van der Waals surface area contributed by atoms with Crippen molar-refractivity contribution in [3.05, 3.63) is 42.5 Å². The summed E-state index contributed by atoms with van der Waals surface area (Å²) in [6, 6.07) is 13.5. The van der Waals surface area contributed by atoms with Gasteiger partial charge in [-0.05, 0) is 35.2 Å². The standard InChI is InChI=1S/C19H23NO4/c1-13(2)9-16(19(22)23)11-20-18(21)12-24-17-8-7-14-5-3-4-6-15(14)10-17/h3-8,10,13,16H,9,11-12H2,1-2H3,(H,20,21)(H,22,23). The maximum absolute atomic E-state index is 11.9. The number of carbonyl (C=O) groups excluding carboxylic acids is 1. The zero-order valence-corrected chi connectivity index (χ0v) is 14.0. The normalized spacial score (nSPS) is 12.1. The van der Waals surface area contributed by atoms with E-state index in [0.29, 0.717) is 12.2 Å². The van der Waals surface area contributed by atoms with E-state index in [4.69, 9.17) is 9.84 Å². The van der Waals surface area contributed by atoms with Crippen molar-refractivity contribution in [2.45, 2.75) is 20.3 Å². The molecule has 0 aliphatic carbocycles. The molecule has 2 N–H and O–H groups in total. The summed E-state index contributed by atoms with van der Waals surface area (Å²) in [6.07, 6.45) is 0.529. The van der Waals surface area contributed by atoms with E-state index in [2.05, 4.69) is 5.32 Å². The highest BCUT2D eigenvalue weighted by atomic mass is 16.5. The predicted octanol–water partition coefficient (Wildman–Crippen LogP) is 3.08. The molecule has 2 aromatic carbocycles. The largest absolute Gasteiger partial charge is 0.484 e. The first-order valence-corrected chi connectivity index (χ1v) is 8.07. The highest BCUT2D eigenvalue weighted by molar-refractivity contribution is 5.84. The molecule has 24 heavy (non-hydrogen) atoms. The Morgan fingerprint density at radius 3 is 2.50 bits per heavy atom. The molecular formula is C19H23NO4. The number of hydrogen-bond donors (Lipinski definition) is 2. The van der Waals surface area contributed by atoms with Crippen molar-refractivity contribution in [2.24, 2.45) is 11.8 Å². The molecule has 0 saturated carbocycles. The smallest absolute Gasteiger partial charge is 0.308 e. The van der Waals surface area contributed by atoms with Crippen LogP contribution in [0.15, 0.2) is 42.5 Å². The number of nitrogens with one attached hydrogen (secondary N) is 1. The summed E-state index contributed by atoms with van der Waals surface area (Å²) >= 11 is 0. The van der Waals surface area contributed by atoms with E-state index in [1.54, 1.807) is 0 Å². The first-order valence-electron chi connectivity index (χ1n) is 8.07.